The van der Waals surface area contributed by atoms with Crippen LogP contribution in [0.2, 0.25) is 0 Å². The van der Waals surface area contributed by atoms with E-state index in [4.69, 9.17) is 11.6 Å². The van der Waals surface area contributed by atoms with Crippen molar-refractivity contribution in [3.8, 4) is 0 Å². The van der Waals surface area contributed by atoms with E-state index in [2.05, 4.69) is 20.3 Å². The first kappa shape index (κ1) is 15.2. The van der Waals surface area contributed by atoms with E-state index in [1.54, 1.807) is 28.6 Å². The molecule has 0 spiro atoms. The number of aryl methyl sites for hydroxylation is 1. The van der Waals surface area contributed by atoms with Crippen LogP contribution in [0, 0.1) is 6.92 Å². The predicted molar refractivity (Wildman–Crippen MR) is 86.6 cm³/mol. The normalized spacial score (nSPS) is 17.7. The molecule has 2 aromatic rings. The Morgan fingerprint density at radius 3 is 3.00 bits per heavy atom. The average Bonchev–Trinajstić information content (AvgIpc) is 3.16. The van der Waals surface area contributed by atoms with Gasteiger partial charge in [-0.2, -0.15) is 0 Å². The minimum absolute atomic E-state index is 0.00873. The number of nitrogens with zero attached hydrogens (tertiary/aromatic N) is 4. The molecule has 1 atom stereocenters. The zero-order chi connectivity index (χ0) is 15.5. The van der Waals surface area contributed by atoms with Crippen molar-refractivity contribution in [2.45, 2.75) is 25.8 Å². The Kier molecular flexibility index (Phi) is 4.54. The van der Waals surface area contributed by atoms with Crippen molar-refractivity contribution in [2.75, 3.05) is 17.7 Å². The lowest BCUT2D eigenvalue weighted by Gasteiger charge is -2.24. The standard InChI is InChI=1S/C14H16ClN5OS/c1-9-8-18-14(22-9)19-13-12(16-4-5-17-13)10-3-2-6-20(10)11(21)7-15/h4-5,8,10H,2-3,6-7H2,1H3,(H,17,18,19). The number of thiazole rings is 1. The molecular weight excluding hydrogens is 322 g/mol. The Morgan fingerprint density at radius 1 is 1.45 bits per heavy atom. The van der Waals surface area contributed by atoms with Crippen LogP contribution in [0.1, 0.15) is 29.5 Å². The Hall–Kier alpha value is -1.73. The number of halogens is 1. The third kappa shape index (κ3) is 3.05. The van der Waals surface area contributed by atoms with Crippen LogP contribution in [0.3, 0.4) is 0 Å². The van der Waals surface area contributed by atoms with Gasteiger partial charge in [0.15, 0.2) is 10.9 Å². The first-order valence-corrected chi connectivity index (χ1v) is 8.40. The minimum atomic E-state index is -0.0801. The van der Waals surface area contributed by atoms with Crippen molar-refractivity contribution in [3.05, 3.63) is 29.2 Å². The van der Waals surface area contributed by atoms with Crippen LogP contribution in [0.15, 0.2) is 18.6 Å². The minimum Gasteiger partial charge on any atom is -0.333 e. The van der Waals surface area contributed by atoms with Crippen LogP contribution in [0.4, 0.5) is 10.9 Å². The Labute approximate surface area is 137 Å². The van der Waals surface area contributed by atoms with E-state index in [1.807, 2.05) is 13.1 Å². The highest BCUT2D eigenvalue weighted by Crippen LogP contribution is 2.35. The van der Waals surface area contributed by atoms with Gasteiger partial charge < -0.3 is 10.2 Å². The molecule has 2 aromatic heterocycles. The molecule has 8 heteroatoms. The van der Waals surface area contributed by atoms with Crippen LogP contribution in [0.25, 0.3) is 0 Å². The molecule has 0 aliphatic carbocycles. The molecule has 1 aliphatic rings. The maximum atomic E-state index is 12.0. The van der Waals surface area contributed by atoms with E-state index in [-0.39, 0.29) is 17.8 Å². The summed E-state index contributed by atoms with van der Waals surface area (Å²) in [6.45, 7) is 2.71. The summed E-state index contributed by atoms with van der Waals surface area (Å²) in [4.78, 5) is 28.0. The van der Waals surface area contributed by atoms with Crippen molar-refractivity contribution in [1.82, 2.24) is 19.9 Å². The number of rotatable bonds is 4. The molecule has 1 unspecified atom stereocenters. The van der Waals surface area contributed by atoms with Gasteiger partial charge in [0.2, 0.25) is 5.91 Å². The summed E-state index contributed by atoms with van der Waals surface area (Å²) < 4.78 is 0. The summed E-state index contributed by atoms with van der Waals surface area (Å²) in [6, 6.07) is -0.0801. The highest BCUT2D eigenvalue weighted by molar-refractivity contribution is 7.15. The van der Waals surface area contributed by atoms with Gasteiger partial charge in [0, 0.05) is 30.0 Å². The molecule has 3 heterocycles. The Bertz CT molecular complexity index is 677. The van der Waals surface area contributed by atoms with Crippen LogP contribution < -0.4 is 5.32 Å². The third-order valence-electron chi connectivity index (χ3n) is 3.58. The fourth-order valence-corrected chi connectivity index (χ4v) is 3.45. The molecular formula is C14H16ClN5OS. The first-order chi connectivity index (χ1) is 10.7. The quantitative estimate of drug-likeness (QED) is 0.869. The Morgan fingerprint density at radius 2 is 2.27 bits per heavy atom. The second-order valence-corrected chi connectivity index (χ2v) is 6.57. The van der Waals surface area contributed by atoms with Crippen LogP contribution in [0.5, 0.6) is 0 Å². The number of aromatic nitrogens is 3. The molecule has 116 valence electrons. The lowest BCUT2D eigenvalue weighted by atomic mass is 10.1. The van der Waals surface area contributed by atoms with Gasteiger partial charge in [-0.25, -0.2) is 9.97 Å². The van der Waals surface area contributed by atoms with Crippen LogP contribution in [-0.2, 0) is 4.79 Å². The van der Waals surface area contributed by atoms with E-state index in [0.717, 1.165) is 28.5 Å². The topological polar surface area (TPSA) is 71.0 Å². The lowest BCUT2D eigenvalue weighted by Crippen LogP contribution is -2.32. The van der Waals surface area contributed by atoms with E-state index in [0.29, 0.717) is 12.4 Å². The molecule has 1 fully saturated rings. The van der Waals surface area contributed by atoms with Crippen LogP contribution in [-0.4, -0.2) is 38.2 Å². The van der Waals surface area contributed by atoms with E-state index in [1.165, 1.54) is 0 Å². The van der Waals surface area contributed by atoms with Crippen molar-refractivity contribution in [1.29, 1.82) is 0 Å². The number of nitrogens with one attached hydrogen (secondary N) is 1. The van der Waals surface area contributed by atoms with Gasteiger partial charge in [0.1, 0.15) is 11.6 Å². The van der Waals surface area contributed by atoms with Crippen LogP contribution >= 0.6 is 22.9 Å². The number of carbonyl (C=O) groups excluding carboxylic acids is 1. The predicted octanol–water partition coefficient (Wildman–Crippen LogP) is 2.89. The van der Waals surface area contributed by atoms with E-state index < -0.39 is 0 Å². The molecule has 0 saturated carbocycles. The summed E-state index contributed by atoms with van der Waals surface area (Å²) in [5.74, 6) is 0.576. The van der Waals surface area contributed by atoms with Gasteiger partial charge in [-0.3, -0.25) is 9.78 Å². The summed E-state index contributed by atoms with van der Waals surface area (Å²) in [7, 11) is 0. The Balaban J connectivity index is 1.89. The van der Waals surface area contributed by atoms with Gasteiger partial charge in [-0.15, -0.1) is 22.9 Å². The molecule has 1 N–H and O–H groups in total. The summed E-state index contributed by atoms with van der Waals surface area (Å²) >= 11 is 7.26. The number of alkyl halides is 1. The number of hydrogen-bond donors (Lipinski definition) is 1. The molecule has 1 amide bonds. The smallest absolute Gasteiger partial charge is 0.238 e. The number of amides is 1. The van der Waals surface area contributed by atoms with Crippen molar-refractivity contribution < 1.29 is 4.79 Å². The lowest BCUT2D eigenvalue weighted by molar-refractivity contribution is -0.129. The second kappa shape index (κ2) is 6.58. The highest BCUT2D eigenvalue weighted by Gasteiger charge is 2.32. The molecule has 1 aliphatic heterocycles. The average molecular weight is 338 g/mol. The summed E-state index contributed by atoms with van der Waals surface area (Å²) in [5.41, 5.74) is 0.770. The third-order valence-corrected chi connectivity index (χ3v) is 4.63. The van der Waals surface area contributed by atoms with E-state index in [9.17, 15) is 4.79 Å². The number of likely N-dealkylation sites (tertiary alicyclic amines) is 1. The zero-order valence-electron chi connectivity index (χ0n) is 12.1. The second-order valence-electron chi connectivity index (χ2n) is 5.07. The molecule has 0 radical (unpaired) electrons. The maximum Gasteiger partial charge on any atom is 0.238 e. The first-order valence-electron chi connectivity index (χ1n) is 7.05. The van der Waals surface area contributed by atoms with Gasteiger partial charge in [-0.05, 0) is 19.8 Å². The molecule has 6 nitrogen and oxygen atoms in total. The number of carbonyl (C=O) groups is 1. The maximum absolute atomic E-state index is 12.0. The van der Waals surface area contributed by atoms with Crippen molar-refractivity contribution in [3.63, 3.8) is 0 Å². The SMILES string of the molecule is Cc1cnc(Nc2nccnc2C2CCCN2C(=O)CCl)s1. The molecule has 0 bridgehead atoms. The monoisotopic (exact) mass is 337 g/mol. The molecule has 1 saturated heterocycles. The molecule has 22 heavy (non-hydrogen) atoms. The molecule has 0 aromatic carbocycles. The van der Waals surface area contributed by atoms with Gasteiger partial charge in [-0.1, -0.05) is 0 Å². The fourth-order valence-electron chi connectivity index (χ4n) is 2.63. The highest BCUT2D eigenvalue weighted by atomic mass is 35.5. The van der Waals surface area contributed by atoms with Crippen molar-refractivity contribution in [2.24, 2.45) is 0 Å². The zero-order valence-corrected chi connectivity index (χ0v) is 13.7. The number of hydrogen-bond acceptors (Lipinski definition) is 6. The van der Waals surface area contributed by atoms with Gasteiger partial charge in [0.25, 0.3) is 0 Å². The van der Waals surface area contributed by atoms with Gasteiger partial charge in [0.05, 0.1) is 6.04 Å². The summed E-state index contributed by atoms with van der Waals surface area (Å²) in [5, 5.41) is 3.98. The van der Waals surface area contributed by atoms with Crippen molar-refractivity contribution >= 4 is 39.8 Å². The number of anilines is 2. The summed E-state index contributed by atoms with van der Waals surface area (Å²) in [6.07, 6.45) is 6.90. The van der Waals surface area contributed by atoms with E-state index >= 15 is 0 Å². The largest absolute Gasteiger partial charge is 0.333 e. The molecule has 3 rings (SSSR count). The fraction of sp³-hybridized carbons (Fsp3) is 0.429. The van der Waals surface area contributed by atoms with Gasteiger partial charge >= 0.3 is 0 Å².